The number of ether oxygens (including phenoxy) is 2. The molecule has 3 N–H and O–H groups in total. The summed E-state index contributed by atoms with van der Waals surface area (Å²) in [5, 5.41) is 2.82. The normalized spacial score (nSPS) is 13.6. The van der Waals surface area contributed by atoms with E-state index in [1.165, 1.54) is 0 Å². The summed E-state index contributed by atoms with van der Waals surface area (Å²) in [6.45, 7) is 5.23. The summed E-state index contributed by atoms with van der Waals surface area (Å²) >= 11 is 0. The van der Waals surface area contributed by atoms with Crippen molar-refractivity contribution in [3.63, 3.8) is 0 Å². The molecule has 1 rings (SSSR count). The molecule has 0 heterocycles. The summed E-state index contributed by atoms with van der Waals surface area (Å²) < 4.78 is 10.7. The molecule has 0 radical (unpaired) electrons. The summed E-state index contributed by atoms with van der Waals surface area (Å²) in [5.41, 5.74) is 6.47. The number of nitrogens with two attached hydrogens (primary N) is 1. The zero-order valence-corrected chi connectivity index (χ0v) is 12.4. The lowest BCUT2D eigenvalue weighted by molar-refractivity contribution is -0.132. The Bertz CT molecular complexity index is 423. The third kappa shape index (κ3) is 5.59. The van der Waals surface area contributed by atoms with Crippen LogP contribution in [0.4, 0.5) is 0 Å². The number of amides is 1. The number of nitrogens with one attached hydrogen (secondary N) is 1. The van der Waals surface area contributed by atoms with E-state index in [4.69, 9.17) is 15.2 Å². The molecule has 5 heteroatoms. The second kappa shape index (κ2) is 8.55. The Balaban J connectivity index is 2.38. The van der Waals surface area contributed by atoms with Gasteiger partial charge in [-0.15, -0.1) is 0 Å². The molecule has 0 fully saturated rings. The first-order valence-electron chi connectivity index (χ1n) is 6.79. The largest absolute Gasteiger partial charge is 0.497 e. The van der Waals surface area contributed by atoms with E-state index in [2.05, 4.69) is 5.32 Å². The van der Waals surface area contributed by atoms with Crippen LogP contribution in [0.15, 0.2) is 24.3 Å². The van der Waals surface area contributed by atoms with E-state index in [1.807, 2.05) is 31.2 Å². The molecular formula is C15H24N2O3. The van der Waals surface area contributed by atoms with Crippen LogP contribution in [0.2, 0.25) is 0 Å². The molecule has 0 saturated heterocycles. The van der Waals surface area contributed by atoms with Gasteiger partial charge >= 0.3 is 0 Å². The summed E-state index contributed by atoms with van der Waals surface area (Å²) in [7, 11) is 1.62. The molecule has 0 aromatic heterocycles. The predicted molar refractivity (Wildman–Crippen MR) is 78.5 cm³/mol. The Morgan fingerprint density at radius 2 is 2.15 bits per heavy atom. The molecule has 1 amide bonds. The third-order valence-corrected chi connectivity index (χ3v) is 3.03. The van der Waals surface area contributed by atoms with E-state index < -0.39 is 6.10 Å². The van der Waals surface area contributed by atoms with Crippen molar-refractivity contribution in [2.24, 2.45) is 11.7 Å². The average Bonchev–Trinajstić information content (AvgIpc) is 2.49. The van der Waals surface area contributed by atoms with Gasteiger partial charge in [0, 0.05) is 6.54 Å². The van der Waals surface area contributed by atoms with Crippen molar-refractivity contribution in [3.8, 4) is 5.75 Å². The van der Waals surface area contributed by atoms with E-state index in [1.54, 1.807) is 14.0 Å². The lowest BCUT2D eigenvalue weighted by Gasteiger charge is -2.15. The monoisotopic (exact) mass is 280 g/mol. The molecule has 2 atom stereocenters. The summed E-state index contributed by atoms with van der Waals surface area (Å²) in [4.78, 5) is 11.8. The van der Waals surface area contributed by atoms with Crippen molar-refractivity contribution in [1.29, 1.82) is 0 Å². The van der Waals surface area contributed by atoms with Gasteiger partial charge in [-0.3, -0.25) is 4.79 Å². The molecule has 1 aromatic carbocycles. The van der Waals surface area contributed by atoms with E-state index >= 15 is 0 Å². The molecule has 5 nitrogen and oxygen atoms in total. The van der Waals surface area contributed by atoms with Crippen LogP contribution < -0.4 is 15.8 Å². The molecule has 0 saturated carbocycles. The molecule has 0 aliphatic carbocycles. The molecule has 0 aliphatic rings. The van der Waals surface area contributed by atoms with Gasteiger partial charge in [-0.1, -0.05) is 19.1 Å². The maximum atomic E-state index is 11.8. The van der Waals surface area contributed by atoms with Crippen molar-refractivity contribution in [2.45, 2.75) is 26.6 Å². The number of hydrogen-bond acceptors (Lipinski definition) is 4. The van der Waals surface area contributed by atoms with Crippen LogP contribution in [0.1, 0.15) is 19.4 Å². The van der Waals surface area contributed by atoms with Crippen LogP contribution in [0.5, 0.6) is 5.75 Å². The molecule has 0 aliphatic heterocycles. The van der Waals surface area contributed by atoms with Crippen molar-refractivity contribution in [3.05, 3.63) is 29.8 Å². The summed E-state index contributed by atoms with van der Waals surface area (Å²) in [6, 6.07) is 7.59. The summed E-state index contributed by atoms with van der Waals surface area (Å²) in [5.74, 6) is 0.928. The van der Waals surface area contributed by atoms with E-state index in [-0.39, 0.29) is 11.8 Å². The van der Waals surface area contributed by atoms with Gasteiger partial charge in [0.25, 0.3) is 0 Å². The highest BCUT2D eigenvalue weighted by atomic mass is 16.5. The standard InChI is InChI=1S/C15H24N2O3/c1-11(8-16)9-17-15(18)12(2)20-10-13-5-4-6-14(7-13)19-3/h4-7,11-12H,8-10,16H2,1-3H3,(H,17,18). The van der Waals surface area contributed by atoms with Crippen LogP contribution in [0, 0.1) is 5.92 Å². The highest BCUT2D eigenvalue weighted by Gasteiger charge is 2.13. The van der Waals surface area contributed by atoms with Crippen molar-refractivity contribution in [1.82, 2.24) is 5.32 Å². The van der Waals surface area contributed by atoms with Crippen LogP contribution >= 0.6 is 0 Å². The highest BCUT2D eigenvalue weighted by Crippen LogP contribution is 2.13. The van der Waals surface area contributed by atoms with E-state index in [0.29, 0.717) is 19.7 Å². The van der Waals surface area contributed by atoms with E-state index in [0.717, 1.165) is 11.3 Å². The van der Waals surface area contributed by atoms with Gasteiger partial charge in [-0.25, -0.2) is 0 Å². The topological polar surface area (TPSA) is 73.6 Å². The highest BCUT2D eigenvalue weighted by molar-refractivity contribution is 5.80. The lowest BCUT2D eigenvalue weighted by atomic mass is 10.2. The fourth-order valence-electron chi connectivity index (χ4n) is 1.56. The Kier molecular flexibility index (Phi) is 7.04. The van der Waals surface area contributed by atoms with E-state index in [9.17, 15) is 4.79 Å². The first kappa shape index (κ1) is 16.5. The average molecular weight is 280 g/mol. The quantitative estimate of drug-likeness (QED) is 0.753. The Hall–Kier alpha value is -1.59. The van der Waals surface area contributed by atoms with Gasteiger partial charge in [-0.2, -0.15) is 0 Å². The van der Waals surface area contributed by atoms with Gasteiger partial charge in [0.15, 0.2) is 0 Å². The number of rotatable bonds is 8. The maximum absolute atomic E-state index is 11.8. The minimum atomic E-state index is -0.494. The molecule has 2 unspecified atom stereocenters. The number of hydrogen-bond donors (Lipinski definition) is 2. The second-order valence-corrected chi connectivity index (χ2v) is 4.89. The minimum Gasteiger partial charge on any atom is -0.497 e. The van der Waals surface area contributed by atoms with Crippen molar-refractivity contribution in [2.75, 3.05) is 20.2 Å². The predicted octanol–water partition coefficient (Wildman–Crippen LogP) is 1.31. The van der Waals surface area contributed by atoms with Crippen LogP contribution in [-0.4, -0.2) is 32.2 Å². The molecule has 112 valence electrons. The zero-order valence-electron chi connectivity index (χ0n) is 12.4. The number of benzene rings is 1. The van der Waals surface area contributed by atoms with Crippen LogP contribution in [0.25, 0.3) is 0 Å². The van der Waals surface area contributed by atoms with Gasteiger partial charge < -0.3 is 20.5 Å². The molecular weight excluding hydrogens is 256 g/mol. The van der Waals surface area contributed by atoms with Gasteiger partial charge in [0.1, 0.15) is 11.9 Å². The zero-order chi connectivity index (χ0) is 15.0. The fraction of sp³-hybridized carbons (Fsp3) is 0.533. The van der Waals surface area contributed by atoms with Gasteiger partial charge in [-0.05, 0) is 37.1 Å². The van der Waals surface area contributed by atoms with Crippen molar-refractivity contribution < 1.29 is 14.3 Å². The van der Waals surface area contributed by atoms with Crippen LogP contribution in [-0.2, 0) is 16.1 Å². The second-order valence-electron chi connectivity index (χ2n) is 4.89. The smallest absolute Gasteiger partial charge is 0.248 e. The number of methoxy groups -OCH3 is 1. The molecule has 0 spiro atoms. The molecule has 0 bridgehead atoms. The SMILES string of the molecule is COc1cccc(COC(C)C(=O)NCC(C)CN)c1. The third-order valence-electron chi connectivity index (χ3n) is 3.03. The molecule has 20 heavy (non-hydrogen) atoms. The first-order chi connectivity index (χ1) is 9.56. The van der Waals surface area contributed by atoms with Gasteiger partial charge in [0.05, 0.1) is 13.7 Å². The van der Waals surface area contributed by atoms with Crippen LogP contribution in [0.3, 0.4) is 0 Å². The minimum absolute atomic E-state index is 0.117. The Morgan fingerprint density at radius 1 is 1.40 bits per heavy atom. The Morgan fingerprint density at radius 3 is 2.80 bits per heavy atom. The first-order valence-corrected chi connectivity index (χ1v) is 6.79. The fourth-order valence-corrected chi connectivity index (χ4v) is 1.56. The maximum Gasteiger partial charge on any atom is 0.248 e. The molecule has 1 aromatic rings. The number of carbonyl (C=O) groups excluding carboxylic acids is 1. The van der Waals surface area contributed by atoms with Crippen molar-refractivity contribution >= 4 is 5.91 Å². The van der Waals surface area contributed by atoms with Gasteiger partial charge in [0.2, 0.25) is 5.91 Å². The Labute approximate surface area is 120 Å². The lowest BCUT2D eigenvalue weighted by Crippen LogP contribution is -2.38. The number of carbonyl (C=O) groups is 1. The summed E-state index contributed by atoms with van der Waals surface area (Å²) in [6.07, 6.45) is -0.494.